The molecule has 0 aromatic heterocycles. The summed E-state index contributed by atoms with van der Waals surface area (Å²) in [7, 11) is 4.11. The molecule has 4 nitrogen and oxygen atoms in total. The number of hydrogen-bond donors (Lipinski definition) is 0. The molecule has 1 saturated heterocycles. The maximum Gasteiger partial charge on any atom is 0.410 e. The van der Waals surface area contributed by atoms with E-state index in [9.17, 15) is 4.79 Å². The lowest BCUT2D eigenvalue weighted by Crippen LogP contribution is -2.51. The standard InChI is InChI=1S/C24H28N2O2/c1-25(2)21-13-11-19(12-14-21)20-15-22-9-6-10-23(16-20)26(22)24(27)28-17-18-7-4-3-5-8-18/h3-5,7-8,11-15,22-23H,6,9-10,16-17H2,1-2H3. The van der Waals surface area contributed by atoms with Gasteiger partial charge in [0.15, 0.2) is 0 Å². The molecule has 28 heavy (non-hydrogen) atoms. The molecular formula is C24H28N2O2. The number of amides is 1. The molecule has 2 aliphatic heterocycles. The quantitative estimate of drug-likeness (QED) is 0.744. The summed E-state index contributed by atoms with van der Waals surface area (Å²) in [5.41, 5.74) is 4.84. The Hall–Kier alpha value is -2.75. The van der Waals surface area contributed by atoms with Gasteiger partial charge in [0.25, 0.3) is 0 Å². The Kier molecular flexibility index (Phi) is 5.38. The minimum Gasteiger partial charge on any atom is -0.445 e. The molecule has 2 unspecified atom stereocenters. The van der Waals surface area contributed by atoms with E-state index >= 15 is 0 Å². The van der Waals surface area contributed by atoms with Crippen LogP contribution in [0.5, 0.6) is 0 Å². The Balaban J connectivity index is 1.48. The fraction of sp³-hybridized carbons (Fsp3) is 0.375. The van der Waals surface area contributed by atoms with Gasteiger partial charge < -0.3 is 9.64 Å². The first-order valence-corrected chi connectivity index (χ1v) is 10.1. The van der Waals surface area contributed by atoms with E-state index in [1.165, 1.54) is 23.2 Å². The van der Waals surface area contributed by atoms with Crippen LogP contribution in [-0.2, 0) is 11.3 Å². The Morgan fingerprint density at radius 3 is 2.50 bits per heavy atom. The van der Waals surface area contributed by atoms with Crippen molar-refractivity contribution in [1.29, 1.82) is 0 Å². The molecule has 2 aliphatic rings. The molecule has 2 heterocycles. The molecule has 0 radical (unpaired) electrons. The fourth-order valence-corrected chi connectivity index (χ4v) is 4.30. The van der Waals surface area contributed by atoms with Gasteiger partial charge in [0.2, 0.25) is 0 Å². The number of anilines is 1. The Bertz CT molecular complexity index is 843. The second-order valence-corrected chi connectivity index (χ2v) is 7.94. The van der Waals surface area contributed by atoms with Crippen LogP contribution >= 0.6 is 0 Å². The molecule has 2 aromatic carbocycles. The number of ether oxygens (including phenoxy) is 1. The van der Waals surface area contributed by atoms with Gasteiger partial charge in [-0.2, -0.15) is 0 Å². The van der Waals surface area contributed by atoms with Crippen molar-refractivity contribution in [2.24, 2.45) is 0 Å². The van der Waals surface area contributed by atoms with Crippen LogP contribution in [0.1, 0.15) is 36.8 Å². The summed E-state index contributed by atoms with van der Waals surface area (Å²) in [5, 5.41) is 0. The van der Waals surface area contributed by atoms with Gasteiger partial charge in [-0.15, -0.1) is 0 Å². The minimum absolute atomic E-state index is 0.138. The second kappa shape index (κ2) is 8.09. The van der Waals surface area contributed by atoms with E-state index in [1.54, 1.807) is 0 Å². The molecule has 0 spiro atoms. The summed E-state index contributed by atoms with van der Waals surface area (Å²) < 4.78 is 5.64. The summed E-state index contributed by atoms with van der Waals surface area (Å²) in [6, 6.07) is 19.0. The van der Waals surface area contributed by atoms with Gasteiger partial charge in [0.1, 0.15) is 6.61 Å². The van der Waals surface area contributed by atoms with Gasteiger partial charge in [-0.25, -0.2) is 4.79 Å². The zero-order valence-electron chi connectivity index (χ0n) is 16.7. The van der Waals surface area contributed by atoms with E-state index in [0.29, 0.717) is 6.61 Å². The minimum atomic E-state index is -0.184. The molecule has 146 valence electrons. The van der Waals surface area contributed by atoms with Crippen molar-refractivity contribution < 1.29 is 9.53 Å². The van der Waals surface area contributed by atoms with E-state index < -0.39 is 0 Å². The predicted octanol–water partition coefficient (Wildman–Crippen LogP) is 5.10. The SMILES string of the molecule is CN(C)c1ccc(C2=CC3CCCC(C2)N3C(=O)OCc2ccccc2)cc1. The molecular weight excluding hydrogens is 348 g/mol. The van der Waals surface area contributed by atoms with Crippen LogP contribution in [0.2, 0.25) is 0 Å². The van der Waals surface area contributed by atoms with Gasteiger partial charge >= 0.3 is 6.09 Å². The number of piperidine rings is 1. The number of rotatable bonds is 4. The Morgan fingerprint density at radius 2 is 1.82 bits per heavy atom. The van der Waals surface area contributed by atoms with Crippen LogP contribution in [0.3, 0.4) is 0 Å². The zero-order chi connectivity index (χ0) is 19.5. The number of hydrogen-bond acceptors (Lipinski definition) is 3. The van der Waals surface area contributed by atoms with Crippen LogP contribution in [0.25, 0.3) is 5.57 Å². The summed E-state index contributed by atoms with van der Waals surface area (Å²) in [6.45, 7) is 0.332. The third-order valence-electron chi connectivity index (χ3n) is 5.81. The van der Waals surface area contributed by atoms with Gasteiger partial charge in [-0.05, 0) is 54.5 Å². The fourth-order valence-electron chi connectivity index (χ4n) is 4.30. The molecule has 2 atom stereocenters. The maximum absolute atomic E-state index is 12.8. The lowest BCUT2D eigenvalue weighted by atomic mass is 9.83. The molecule has 2 bridgehead atoms. The van der Waals surface area contributed by atoms with Crippen LogP contribution < -0.4 is 4.90 Å². The van der Waals surface area contributed by atoms with Crippen LogP contribution in [0.15, 0.2) is 60.7 Å². The average molecular weight is 377 g/mol. The van der Waals surface area contributed by atoms with Gasteiger partial charge in [-0.3, -0.25) is 4.90 Å². The van der Waals surface area contributed by atoms with Crippen molar-refractivity contribution in [2.45, 2.75) is 44.4 Å². The molecule has 0 saturated carbocycles. The first-order valence-electron chi connectivity index (χ1n) is 10.1. The maximum atomic E-state index is 12.8. The number of nitrogens with zero attached hydrogens (tertiary/aromatic N) is 2. The monoisotopic (exact) mass is 376 g/mol. The van der Waals surface area contributed by atoms with E-state index in [1.807, 2.05) is 35.2 Å². The lowest BCUT2D eigenvalue weighted by molar-refractivity contribution is 0.0510. The van der Waals surface area contributed by atoms with E-state index in [4.69, 9.17) is 4.74 Å². The van der Waals surface area contributed by atoms with Gasteiger partial charge in [0, 0.05) is 25.8 Å². The van der Waals surface area contributed by atoms with Crippen LogP contribution in [-0.4, -0.2) is 37.2 Å². The highest BCUT2D eigenvalue weighted by molar-refractivity contribution is 5.75. The zero-order valence-corrected chi connectivity index (χ0v) is 16.7. The van der Waals surface area contributed by atoms with Crippen molar-refractivity contribution in [3.63, 3.8) is 0 Å². The third kappa shape index (κ3) is 3.91. The number of benzene rings is 2. The molecule has 0 aliphatic carbocycles. The van der Waals surface area contributed by atoms with Crippen molar-refractivity contribution in [3.8, 4) is 0 Å². The summed E-state index contributed by atoms with van der Waals surface area (Å²) >= 11 is 0. The molecule has 1 amide bonds. The molecule has 2 aromatic rings. The second-order valence-electron chi connectivity index (χ2n) is 7.94. The van der Waals surface area contributed by atoms with E-state index in [-0.39, 0.29) is 18.2 Å². The molecule has 4 heteroatoms. The van der Waals surface area contributed by atoms with E-state index in [2.05, 4.69) is 49.3 Å². The number of fused-ring (bicyclic) bond motifs is 2. The third-order valence-corrected chi connectivity index (χ3v) is 5.81. The lowest BCUT2D eigenvalue weighted by Gasteiger charge is -2.44. The smallest absolute Gasteiger partial charge is 0.410 e. The Morgan fingerprint density at radius 1 is 1.07 bits per heavy atom. The summed E-state index contributed by atoms with van der Waals surface area (Å²) in [4.78, 5) is 16.9. The van der Waals surface area contributed by atoms with Gasteiger partial charge in [-0.1, -0.05) is 48.5 Å². The summed E-state index contributed by atoms with van der Waals surface area (Å²) in [6.07, 6.45) is 6.22. The summed E-state index contributed by atoms with van der Waals surface area (Å²) in [5.74, 6) is 0. The van der Waals surface area contributed by atoms with Crippen molar-refractivity contribution in [3.05, 3.63) is 71.8 Å². The number of carbonyl (C=O) groups excluding carboxylic acids is 1. The van der Waals surface area contributed by atoms with Gasteiger partial charge in [0.05, 0.1) is 6.04 Å². The molecule has 4 rings (SSSR count). The number of carbonyl (C=O) groups is 1. The molecule has 0 N–H and O–H groups in total. The average Bonchev–Trinajstić information content (AvgIpc) is 2.72. The topological polar surface area (TPSA) is 32.8 Å². The predicted molar refractivity (Wildman–Crippen MR) is 113 cm³/mol. The normalized spacial score (nSPS) is 21.1. The highest BCUT2D eigenvalue weighted by Gasteiger charge is 2.38. The molecule has 1 fully saturated rings. The van der Waals surface area contributed by atoms with Crippen molar-refractivity contribution in [1.82, 2.24) is 4.90 Å². The first kappa shape index (κ1) is 18.6. The van der Waals surface area contributed by atoms with Crippen molar-refractivity contribution >= 4 is 17.4 Å². The van der Waals surface area contributed by atoms with Crippen LogP contribution in [0, 0.1) is 0 Å². The largest absolute Gasteiger partial charge is 0.445 e. The van der Waals surface area contributed by atoms with Crippen molar-refractivity contribution in [2.75, 3.05) is 19.0 Å². The van der Waals surface area contributed by atoms with E-state index in [0.717, 1.165) is 24.8 Å². The van der Waals surface area contributed by atoms with Crippen LogP contribution in [0.4, 0.5) is 10.5 Å². The highest BCUT2D eigenvalue weighted by Crippen LogP contribution is 2.37. The highest BCUT2D eigenvalue weighted by atomic mass is 16.6. The first-order chi connectivity index (χ1) is 13.6. The Labute approximate surface area is 167 Å².